The van der Waals surface area contributed by atoms with E-state index in [1.54, 1.807) is 0 Å². The van der Waals surface area contributed by atoms with E-state index in [4.69, 9.17) is 10.5 Å². The molecule has 19 heavy (non-hydrogen) atoms. The monoisotopic (exact) mass is 268 g/mol. The molecule has 0 aromatic heterocycles. The van der Waals surface area contributed by atoms with Crippen LogP contribution in [0.5, 0.6) is 0 Å². The fourth-order valence-corrected chi connectivity index (χ4v) is 3.29. The lowest BCUT2D eigenvalue weighted by Crippen LogP contribution is -2.45. The highest BCUT2D eigenvalue weighted by molar-refractivity contribution is 5.79. The van der Waals surface area contributed by atoms with Crippen LogP contribution in [0, 0.1) is 11.8 Å². The molecule has 0 bridgehead atoms. The standard InChI is InChI=1S/C15H28N2O2/c1-2-17(10-12-8-9-19-11-12)15(18)13-6-4-3-5-7-14(13)16/h12-14H,2-11,16H2,1H3. The van der Waals surface area contributed by atoms with Gasteiger partial charge in [-0.3, -0.25) is 4.79 Å². The van der Waals surface area contributed by atoms with E-state index in [1.807, 2.05) is 4.90 Å². The van der Waals surface area contributed by atoms with Gasteiger partial charge in [-0.25, -0.2) is 0 Å². The summed E-state index contributed by atoms with van der Waals surface area (Å²) < 4.78 is 5.41. The van der Waals surface area contributed by atoms with Crippen molar-refractivity contribution in [2.24, 2.45) is 17.6 Å². The Morgan fingerprint density at radius 2 is 2.05 bits per heavy atom. The van der Waals surface area contributed by atoms with E-state index < -0.39 is 0 Å². The van der Waals surface area contributed by atoms with Crippen molar-refractivity contribution in [3.63, 3.8) is 0 Å². The van der Waals surface area contributed by atoms with E-state index in [9.17, 15) is 4.79 Å². The van der Waals surface area contributed by atoms with Gasteiger partial charge in [-0.15, -0.1) is 0 Å². The number of nitrogens with two attached hydrogens (primary N) is 1. The molecular formula is C15H28N2O2. The summed E-state index contributed by atoms with van der Waals surface area (Å²) in [4.78, 5) is 14.7. The molecule has 3 atom stereocenters. The van der Waals surface area contributed by atoms with E-state index >= 15 is 0 Å². The van der Waals surface area contributed by atoms with Crippen LogP contribution < -0.4 is 5.73 Å². The van der Waals surface area contributed by atoms with Gasteiger partial charge in [0.05, 0.1) is 12.5 Å². The number of hydrogen-bond donors (Lipinski definition) is 1. The number of amides is 1. The van der Waals surface area contributed by atoms with Gasteiger partial charge in [-0.2, -0.15) is 0 Å². The molecule has 2 fully saturated rings. The molecule has 1 heterocycles. The highest BCUT2D eigenvalue weighted by Gasteiger charge is 2.31. The number of hydrogen-bond acceptors (Lipinski definition) is 3. The van der Waals surface area contributed by atoms with Crippen LogP contribution in [-0.2, 0) is 9.53 Å². The van der Waals surface area contributed by atoms with Crippen LogP contribution in [0.4, 0.5) is 0 Å². The molecule has 2 rings (SSSR count). The Bertz CT molecular complexity index is 290. The molecule has 2 aliphatic rings. The second-order valence-electron chi connectivity index (χ2n) is 6.01. The van der Waals surface area contributed by atoms with Gasteiger partial charge in [-0.1, -0.05) is 19.3 Å². The van der Waals surface area contributed by atoms with Crippen molar-refractivity contribution in [3.8, 4) is 0 Å². The van der Waals surface area contributed by atoms with E-state index in [1.165, 1.54) is 12.8 Å². The summed E-state index contributed by atoms with van der Waals surface area (Å²) in [5.74, 6) is 0.847. The molecule has 0 radical (unpaired) electrons. The lowest BCUT2D eigenvalue weighted by atomic mass is 9.93. The van der Waals surface area contributed by atoms with E-state index in [-0.39, 0.29) is 17.9 Å². The minimum Gasteiger partial charge on any atom is -0.381 e. The smallest absolute Gasteiger partial charge is 0.227 e. The molecule has 2 N–H and O–H groups in total. The lowest BCUT2D eigenvalue weighted by molar-refractivity contribution is -0.136. The fourth-order valence-electron chi connectivity index (χ4n) is 3.29. The van der Waals surface area contributed by atoms with Gasteiger partial charge in [0.2, 0.25) is 5.91 Å². The molecule has 1 saturated heterocycles. The molecular weight excluding hydrogens is 240 g/mol. The number of carbonyl (C=O) groups is 1. The van der Waals surface area contributed by atoms with Gasteiger partial charge in [-0.05, 0) is 26.2 Å². The Labute approximate surface area is 116 Å². The number of carbonyl (C=O) groups excluding carboxylic acids is 1. The maximum atomic E-state index is 12.7. The Morgan fingerprint density at radius 3 is 2.74 bits per heavy atom. The predicted octanol–water partition coefficient (Wildman–Crippen LogP) is 1.78. The molecule has 1 amide bonds. The topological polar surface area (TPSA) is 55.6 Å². The highest BCUT2D eigenvalue weighted by Crippen LogP contribution is 2.25. The van der Waals surface area contributed by atoms with Crippen LogP contribution in [0.15, 0.2) is 0 Å². The van der Waals surface area contributed by atoms with Crippen LogP contribution >= 0.6 is 0 Å². The van der Waals surface area contributed by atoms with Crippen molar-refractivity contribution in [2.45, 2.75) is 51.5 Å². The zero-order valence-electron chi connectivity index (χ0n) is 12.1. The van der Waals surface area contributed by atoms with Crippen LogP contribution in [0.25, 0.3) is 0 Å². The largest absolute Gasteiger partial charge is 0.381 e. The van der Waals surface area contributed by atoms with E-state index in [0.29, 0.717) is 5.92 Å². The van der Waals surface area contributed by atoms with E-state index in [0.717, 1.165) is 52.0 Å². The summed E-state index contributed by atoms with van der Waals surface area (Å²) in [6.45, 7) is 5.35. The predicted molar refractivity (Wildman–Crippen MR) is 75.7 cm³/mol. The van der Waals surface area contributed by atoms with Crippen molar-refractivity contribution in [3.05, 3.63) is 0 Å². The number of nitrogens with zero attached hydrogens (tertiary/aromatic N) is 1. The minimum atomic E-state index is 0.0461. The molecule has 1 aliphatic carbocycles. The van der Waals surface area contributed by atoms with Crippen molar-refractivity contribution < 1.29 is 9.53 Å². The molecule has 110 valence electrons. The van der Waals surface area contributed by atoms with Crippen molar-refractivity contribution in [1.82, 2.24) is 4.90 Å². The number of rotatable bonds is 4. The van der Waals surface area contributed by atoms with Gasteiger partial charge >= 0.3 is 0 Å². The third-order valence-electron chi connectivity index (χ3n) is 4.58. The highest BCUT2D eigenvalue weighted by atomic mass is 16.5. The Kier molecular flexibility index (Phi) is 5.64. The molecule has 0 spiro atoms. The Hall–Kier alpha value is -0.610. The SMILES string of the molecule is CCN(CC1CCOC1)C(=O)C1CCCCCC1N. The van der Waals surface area contributed by atoms with Crippen LogP contribution in [-0.4, -0.2) is 43.2 Å². The average molecular weight is 268 g/mol. The number of ether oxygens (including phenoxy) is 1. The third kappa shape index (κ3) is 3.93. The average Bonchev–Trinajstić information content (AvgIpc) is 2.83. The first-order chi connectivity index (χ1) is 9.22. The first kappa shape index (κ1) is 14.8. The summed E-state index contributed by atoms with van der Waals surface area (Å²) in [6, 6.07) is 0.0591. The van der Waals surface area contributed by atoms with Gasteiger partial charge in [0.15, 0.2) is 0 Å². The molecule has 1 saturated carbocycles. The molecule has 0 aromatic carbocycles. The van der Waals surface area contributed by atoms with Crippen LogP contribution in [0.3, 0.4) is 0 Å². The Balaban J connectivity index is 1.93. The molecule has 1 aliphatic heterocycles. The first-order valence-electron chi connectivity index (χ1n) is 7.84. The van der Waals surface area contributed by atoms with Crippen molar-refractivity contribution in [2.75, 3.05) is 26.3 Å². The summed E-state index contributed by atoms with van der Waals surface area (Å²) in [6.07, 6.45) is 6.60. The van der Waals surface area contributed by atoms with Crippen LogP contribution in [0.2, 0.25) is 0 Å². The molecule has 4 nitrogen and oxygen atoms in total. The Morgan fingerprint density at radius 1 is 1.26 bits per heavy atom. The lowest BCUT2D eigenvalue weighted by Gasteiger charge is -2.30. The fraction of sp³-hybridized carbons (Fsp3) is 0.933. The van der Waals surface area contributed by atoms with Crippen LogP contribution in [0.1, 0.15) is 45.4 Å². The normalized spacial score (nSPS) is 32.0. The second-order valence-corrected chi connectivity index (χ2v) is 6.01. The van der Waals surface area contributed by atoms with Crippen molar-refractivity contribution >= 4 is 5.91 Å². The quantitative estimate of drug-likeness (QED) is 0.791. The molecule has 0 aromatic rings. The zero-order valence-corrected chi connectivity index (χ0v) is 12.1. The van der Waals surface area contributed by atoms with Gasteiger partial charge in [0.25, 0.3) is 0 Å². The maximum absolute atomic E-state index is 12.7. The van der Waals surface area contributed by atoms with Gasteiger partial charge < -0.3 is 15.4 Å². The molecule has 4 heteroatoms. The maximum Gasteiger partial charge on any atom is 0.227 e. The minimum absolute atomic E-state index is 0.0461. The third-order valence-corrected chi connectivity index (χ3v) is 4.58. The summed E-state index contributed by atoms with van der Waals surface area (Å²) in [7, 11) is 0. The van der Waals surface area contributed by atoms with Gasteiger partial charge in [0, 0.05) is 31.7 Å². The molecule has 3 unspecified atom stereocenters. The van der Waals surface area contributed by atoms with E-state index in [2.05, 4.69) is 6.92 Å². The van der Waals surface area contributed by atoms with Crippen molar-refractivity contribution in [1.29, 1.82) is 0 Å². The zero-order chi connectivity index (χ0) is 13.7. The van der Waals surface area contributed by atoms with Gasteiger partial charge in [0.1, 0.15) is 0 Å². The second kappa shape index (κ2) is 7.25. The summed E-state index contributed by atoms with van der Waals surface area (Å²) in [5, 5.41) is 0. The first-order valence-corrected chi connectivity index (χ1v) is 7.84. The summed E-state index contributed by atoms with van der Waals surface area (Å²) in [5.41, 5.74) is 6.21. The summed E-state index contributed by atoms with van der Waals surface area (Å²) >= 11 is 0.